The molecule has 0 aliphatic heterocycles. The minimum atomic E-state index is -1.41. The Kier molecular flexibility index (Phi) is 4.26. The van der Waals surface area contributed by atoms with E-state index in [1.54, 1.807) is 19.1 Å². The van der Waals surface area contributed by atoms with E-state index in [1.165, 1.54) is 12.1 Å². The molecular weight excluding hydrogens is 272 g/mol. The van der Waals surface area contributed by atoms with Crippen molar-refractivity contribution >= 4 is 10.8 Å². The lowest BCUT2D eigenvalue weighted by atomic mass is 10.00. The van der Waals surface area contributed by atoms with E-state index in [4.69, 9.17) is 0 Å². The van der Waals surface area contributed by atoms with E-state index in [0.717, 1.165) is 11.1 Å². The summed E-state index contributed by atoms with van der Waals surface area (Å²) in [5, 5.41) is 19.0. The molecule has 106 valence electrons. The molecule has 2 atom stereocenters. The standard InChI is InChI=1S/C16H18O3S/c1-12-3-5-13(6-4-12)16(2,11-17)20(19)15-9-7-14(18)8-10-15/h3-10,17-18H,11H2,1-2H3. The van der Waals surface area contributed by atoms with Crippen LogP contribution >= 0.6 is 0 Å². The van der Waals surface area contributed by atoms with E-state index >= 15 is 0 Å². The molecule has 0 amide bonds. The Balaban J connectivity index is 2.42. The molecule has 0 aromatic heterocycles. The molecule has 0 bridgehead atoms. The van der Waals surface area contributed by atoms with Crippen LogP contribution in [0, 0.1) is 6.92 Å². The molecule has 2 unspecified atom stereocenters. The van der Waals surface area contributed by atoms with Crippen LogP contribution in [0.4, 0.5) is 0 Å². The molecular formula is C16H18O3S. The number of aliphatic hydroxyl groups is 1. The first-order valence-electron chi connectivity index (χ1n) is 6.36. The third-order valence-corrected chi connectivity index (χ3v) is 5.31. The minimum absolute atomic E-state index is 0.131. The maximum Gasteiger partial charge on any atom is 0.115 e. The van der Waals surface area contributed by atoms with Gasteiger partial charge in [-0.05, 0) is 43.7 Å². The van der Waals surface area contributed by atoms with Gasteiger partial charge in [0.25, 0.3) is 0 Å². The molecule has 0 heterocycles. The minimum Gasteiger partial charge on any atom is -0.508 e. The van der Waals surface area contributed by atoms with Crippen molar-refractivity contribution in [3.63, 3.8) is 0 Å². The van der Waals surface area contributed by atoms with Gasteiger partial charge in [-0.3, -0.25) is 4.21 Å². The fourth-order valence-corrected chi connectivity index (χ4v) is 3.36. The van der Waals surface area contributed by atoms with Gasteiger partial charge in [-0.2, -0.15) is 0 Å². The number of hydrogen-bond donors (Lipinski definition) is 2. The lowest BCUT2D eigenvalue weighted by molar-refractivity contribution is 0.254. The van der Waals surface area contributed by atoms with Gasteiger partial charge in [-0.25, -0.2) is 0 Å². The lowest BCUT2D eigenvalue weighted by Crippen LogP contribution is -2.32. The number of hydrogen-bond acceptors (Lipinski definition) is 3. The molecule has 2 rings (SSSR count). The summed E-state index contributed by atoms with van der Waals surface area (Å²) in [4.78, 5) is 0.583. The predicted molar refractivity (Wildman–Crippen MR) is 80.1 cm³/mol. The van der Waals surface area contributed by atoms with Gasteiger partial charge in [0.05, 0.1) is 22.2 Å². The molecule has 4 heteroatoms. The number of aromatic hydroxyl groups is 1. The highest BCUT2D eigenvalue weighted by Gasteiger charge is 2.34. The Labute approximate surface area is 121 Å². The zero-order valence-electron chi connectivity index (χ0n) is 11.5. The molecule has 0 aliphatic carbocycles. The molecule has 2 aromatic carbocycles. The number of aliphatic hydroxyl groups excluding tert-OH is 1. The number of phenols is 1. The Morgan fingerprint density at radius 2 is 1.60 bits per heavy atom. The van der Waals surface area contributed by atoms with Crippen molar-refractivity contribution in [1.29, 1.82) is 0 Å². The third-order valence-electron chi connectivity index (χ3n) is 3.42. The van der Waals surface area contributed by atoms with Gasteiger partial charge in [-0.15, -0.1) is 0 Å². The Morgan fingerprint density at radius 3 is 2.10 bits per heavy atom. The highest BCUT2D eigenvalue weighted by atomic mass is 32.2. The Morgan fingerprint density at radius 1 is 1.05 bits per heavy atom. The molecule has 0 saturated carbocycles. The van der Waals surface area contributed by atoms with Crippen LogP contribution in [0.2, 0.25) is 0 Å². The smallest absolute Gasteiger partial charge is 0.115 e. The highest BCUT2D eigenvalue weighted by Crippen LogP contribution is 2.32. The monoisotopic (exact) mass is 290 g/mol. The number of benzene rings is 2. The van der Waals surface area contributed by atoms with E-state index in [9.17, 15) is 14.4 Å². The molecule has 0 saturated heterocycles. The Hall–Kier alpha value is -1.65. The van der Waals surface area contributed by atoms with Gasteiger partial charge in [0, 0.05) is 4.90 Å². The van der Waals surface area contributed by atoms with Gasteiger partial charge in [0.15, 0.2) is 0 Å². The quantitative estimate of drug-likeness (QED) is 0.910. The zero-order valence-corrected chi connectivity index (χ0v) is 12.4. The van der Waals surface area contributed by atoms with Gasteiger partial charge >= 0.3 is 0 Å². The summed E-state index contributed by atoms with van der Waals surface area (Å²) in [6.45, 7) is 3.54. The van der Waals surface area contributed by atoms with Gasteiger partial charge in [0.2, 0.25) is 0 Å². The SMILES string of the molecule is Cc1ccc(C(C)(CO)S(=O)c2ccc(O)cc2)cc1. The predicted octanol–water partition coefficient (Wildman–Crippen LogP) is 2.72. The van der Waals surface area contributed by atoms with E-state index < -0.39 is 15.5 Å². The highest BCUT2D eigenvalue weighted by molar-refractivity contribution is 7.86. The van der Waals surface area contributed by atoms with Crippen molar-refractivity contribution in [2.45, 2.75) is 23.5 Å². The maximum absolute atomic E-state index is 12.8. The van der Waals surface area contributed by atoms with Gasteiger partial charge in [0.1, 0.15) is 5.75 Å². The summed E-state index contributed by atoms with van der Waals surface area (Å²) in [6, 6.07) is 13.9. The van der Waals surface area contributed by atoms with Crippen LogP contribution in [0.1, 0.15) is 18.1 Å². The van der Waals surface area contributed by atoms with Crippen LogP contribution in [0.15, 0.2) is 53.4 Å². The topological polar surface area (TPSA) is 57.5 Å². The summed E-state index contributed by atoms with van der Waals surface area (Å²) in [5.41, 5.74) is 1.95. The summed E-state index contributed by atoms with van der Waals surface area (Å²) >= 11 is 0. The first-order chi connectivity index (χ1) is 9.47. The summed E-state index contributed by atoms with van der Waals surface area (Å²) in [6.07, 6.45) is 0. The molecule has 0 aliphatic rings. The van der Waals surface area contributed by atoms with E-state index in [-0.39, 0.29) is 12.4 Å². The Bertz CT molecular complexity index is 605. The first-order valence-corrected chi connectivity index (χ1v) is 7.51. The molecule has 20 heavy (non-hydrogen) atoms. The molecule has 2 N–H and O–H groups in total. The van der Waals surface area contributed by atoms with Crippen LogP contribution < -0.4 is 0 Å². The molecule has 2 aromatic rings. The van der Waals surface area contributed by atoms with Crippen molar-refractivity contribution < 1.29 is 14.4 Å². The van der Waals surface area contributed by atoms with Crippen molar-refractivity contribution in [3.8, 4) is 5.75 Å². The van der Waals surface area contributed by atoms with Crippen molar-refractivity contribution in [2.75, 3.05) is 6.61 Å². The normalized spacial score (nSPS) is 15.6. The van der Waals surface area contributed by atoms with Crippen LogP contribution in [-0.2, 0) is 15.5 Å². The van der Waals surface area contributed by atoms with E-state index in [2.05, 4.69) is 0 Å². The molecule has 0 radical (unpaired) electrons. The van der Waals surface area contributed by atoms with E-state index in [0.29, 0.717) is 4.90 Å². The van der Waals surface area contributed by atoms with Crippen LogP contribution in [0.25, 0.3) is 0 Å². The second-order valence-electron chi connectivity index (χ2n) is 5.02. The van der Waals surface area contributed by atoms with E-state index in [1.807, 2.05) is 31.2 Å². The first kappa shape index (κ1) is 14.8. The fourth-order valence-electron chi connectivity index (χ4n) is 1.99. The molecule has 0 spiro atoms. The van der Waals surface area contributed by atoms with Crippen molar-refractivity contribution in [3.05, 3.63) is 59.7 Å². The summed E-state index contributed by atoms with van der Waals surface area (Å²) < 4.78 is 11.9. The third kappa shape index (κ3) is 2.76. The van der Waals surface area contributed by atoms with Crippen LogP contribution in [0.3, 0.4) is 0 Å². The second-order valence-corrected chi connectivity index (χ2v) is 6.93. The molecule has 3 nitrogen and oxygen atoms in total. The average Bonchev–Trinajstić information content (AvgIpc) is 2.47. The number of aryl methyl sites for hydroxylation is 1. The van der Waals surface area contributed by atoms with Crippen molar-refractivity contribution in [1.82, 2.24) is 0 Å². The number of rotatable bonds is 4. The maximum atomic E-state index is 12.8. The van der Waals surface area contributed by atoms with Crippen LogP contribution in [0.5, 0.6) is 5.75 Å². The van der Waals surface area contributed by atoms with Gasteiger partial charge < -0.3 is 10.2 Å². The lowest BCUT2D eigenvalue weighted by Gasteiger charge is -2.27. The largest absolute Gasteiger partial charge is 0.508 e. The molecule has 0 fully saturated rings. The second kappa shape index (κ2) is 5.77. The summed E-state index contributed by atoms with van der Waals surface area (Å²) in [7, 11) is -1.41. The van der Waals surface area contributed by atoms with Crippen molar-refractivity contribution in [2.24, 2.45) is 0 Å². The summed E-state index contributed by atoms with van der Waals surface area (Å²) in [5.74, 6) is 0.131. The van der Waals surface area contributed by atoms with Crippen LogP contribution in [-0.4, -0.2) is 21.0 Å². The average molecular weight is 290 g/mol. The van der Waals surface area contributed by atoms with Gasteiger partial charge in [-0.1, -0.05) is 29.8 Å². The zero-order chi connectivity index (χ0) is 14.8. The number of phenolic OH excluding ortho intramolecular Hbond substituents is 1. The fraction of sp³-hybridized carbons (Fsp3) is 0.250.